The smallest absolute Gasteiger partial charge is 0.139 e. The number of allylic oxidation sites excluding steroid dienone is 2. The zero-order valence-corrected chi connectivity index (χ0v) is 13.4. The Morgan fingerprint density at radius 2 is 1.95 bits per heavy atom. The van der Waals surface area contributed by atoms with E-state index in [0.717, 1.165) is 38.5 Å². The number of carbonyl (C=O) groups excluding carboxylic acids is 1. The maximum atomic E-state index is 12.3. The third kappa shape index (κ3) is 1.78. The molecule has 3 saturated carbocycles. The van der Waals surface area contributed by atoms with Gasteiger partial charge >= 0.3 is 0 Å². The van der Waals surface area contributed by atoms with Crippen molar-refractivity contribution in [2.75, 3.05) is 0 Å². The van der Waals surface area contributed by atoms with Crippen molar-refractivity contribution < 1.29 is 9.90 Å². The predicted octanol–water partition coefficient (Wildman–Crippen LogP) is 3.88. The van der Waals surface area contributed by atoms with Gasteiger partial charge in [-0.15, -0.1) is 0 Å². The quantitative estimate of drug-likeness (QED) is 0.687. The largest absolute Gasteiger partial charge is 0.393 e. The third-order valence-corrected chi connectivity index (χ3v) is 7.71. The van der Waals surface area contributed by atoms with Crippen molar-refractivity contribution in [2.45, 2.75) is 71.3 Å². The van der Waals surface area contributed by atoms with Gasteiger partial charge in [0.25, 0.3) is 0 Å². The minimum Gasteiger partial charge on any atom is -0.393 e. The van der Waals surface area contributed by atoms with Gasteiger partial charge in [-0.2, -0.15) is 0 Å². The van der Waals surface area contributed by atoms with Crippen molar-refractivity contribution >= 4 is 5.78 Å². The summed E-state index contributed by atoms with van der Waals surface area (Å²) in [6.07, 6.45) is 10.8. The van der Waals surface area contributed by atoms with Crippen molar-refractivity contribution in [3.8, 4) is 0 Å². The monoisotopic (exact) mass is 288 g/mol. The zero-order valence-electron chi connectivity index (χ0n) is 13.4. The number of ketones is 1. The van der Waals surface area contributed by atoms with Crippen LogP contribution < -0.4 is 0 Å². The molecule has 2 nitrogen and oxygen atoms in total. The second-order valence-corrected chi connectivity index (χ2v) is 8.58. The highest BCUT2D eigenvalue weighted by Gasteiger charge is 2.56. The molecule has 0 radical (unpaired) electrons. The van der Waals surface area contributed by atoms with E-state index in [2.05, 4.69) is 19.9 Å². The van der Waals surface area contributed by atoms with Gasteiger partial charge in [0.1, 0.15) is 5.78 Å². The first-order valence-corrected chi connectivity index (χ1v) is 8.87. The molecule has 4 aliphatic rings. The second-order valence-electron chi connectivity index (χ2n) is 8.58. The van der Waals surface area contributed by atoms with Gasteiger partial charge in [-0.05, 0) is 68.1 Å². The number of aliphatic hydroxyl groups is 1. The van der Waals surface area contributed by atoms with E-state index in [1.807, 2.05) is 0 Å². The lowest BCUT2D eigenvalue weighted by molar-refractivity contribution is -0.127. The Morgan fingerprint density at radius 1 is 1.14 bits per heavy atom. The summed E-state index contributed by atoms with van der Waals surface area (Å²) in [6.45, 7) is 4.67. The highest BCUT2D eigenvalue weighted by atomic mass is 16.3. The van der Waals surface area contributed by atoms with Crippen LogP contribution in [0.15, 0.2) is 11.6 Å². The standard InChI is InChI=1S/C19H28O2/c1-18-9-7-13(20)11-12(18)3-4-14-15-5-6-17(21)19(15,2)10-8-16(14)18/h8,12-15,20H,3-7,9-11H2,1-2H3/t12-,13+,14+,15+,18-,19+/m0/s1. The number of hydrogen-bond donors (Lipinski definition) is 1. The average molecular weight is 288 g/mol. The molecule has 116 valence electrons. The Hall–Kier alpha value is -0.630. The van der Waals surface area contributed by atoms with E-state index in [-0.39, 0.29) is 11.5 Å². The van der Waals surface area contributed by atoms with Crippen LogP contribution in [0.3, 0.4) is 0 Å². The van der Waals surface area contributed by atoms with Crippen LogP contribution in [0, 0.1) is 28.6 Å². The highest BCUT2D eigenvalue weighted by Crippen LogP contribution is 2.63. The molecular weight excluding hydrogens is 260 g/mol. The molecule has 0 saturated heterocycles. The molecule has 0 aliphatic heterocycles. The first kappa shape index (κ1) is 14.0. The second kappa shape index (κ2) is 4.44. The number of fused-ring (bicyclic) bond motifs is 5. The molecule has 0 heterocycles. The molecule has 4 rings (SSSR count). The average Bonchev–Trinajstić information content (AvgIpc) is 2.76. The lowest BCUT2D eigenvalue weighted by atomic mass is 9.49. The molecule has 2 heteroatoms. The Labute approximate surface area is 128 Å². The van der Waals surface area contributed by atoms with Gasteiger partial charge in [0, 0.05) is 11.8 Å². The molecule has 0 aromatic carbocycles. The summed E-state index contributed by atoms with van der Waals surface area (Å²) in [5.74, 6) is 2.40. The van der Waals surface area contributed by atoms with Gasteiger partial charge in [-0.1, -0.05) is 25.5 Å². The summed E-state index contributed by atoms with van der Waals surface area (Å²) in [6, 6.07) is 0. The highest BCUT2D eigenvalue weighted by molar-refractivity contribution is 5.87. The number of Topliss-reactive ketones (excluding diaryl/α,β-unsaturated/α-hetero) is 1. The SMILES string of the molecule is C[C@@]12CC=C3[C@H](CC[C@H]4C[C@H](O)CC[C@]34C)[C@H]1CCC2=O. The fourth-order valence-corrected chi connectivity index (χ4v) is 6.29. The molecule has 0 unspecified atom stereocenters. The van der Waals surface area contributed by atoms with Gasteiger partial charge in [0.2, 0.25) is 0 Å². The summed E-state index contributed by atoms with van der Waals surface area (Å²) < 4.78 is 0. The van der Waals surface area contributed by atoms with Crippen molar-refractivity contribution in [1.82, 2.24) is 0 Å². The van der Waals surface area contributed by atoms with E-state index >= 15 is 0 Å². The number of aliphatic hydroxyl groups excluding tert-OH is 1. The van der Waals surface area contributed by atoms with E-state index in [0.29, 0.717) is 29.0 Å². The van der Waals surface area contributed by atoms with Crippen LogP contribution in [0.5, 0.6) is 0 Å². The number of rotatable bonds is 0. The van der Waals surface area contributed by atoms with Crippen LogP contribution in [0.4, 0.5) is 0 Å². The van der Waals surface area contributed by atoms with Crippen molar-refractivity contribution in [1.29, 1.82) is 0 Å². The van der Waals surface area contributed by atoms with Gasteiger partial charge in [0.05, 0.1) is 6.10 Å². The zero-order chi connectivity index (χ0) is 14.8. The summed E-state index contributed by atoms with van der Waals surface area (Å²) in [7, 11) is 0. The minimum absolute atomic E-state index is 0.0639. The van der Waals surface area contributed by atoms with Crippen molar-refractivity contribution in [3.63, 3.8) is 0 Å². The molecule has 4 aliphatic carbocycles. The van der Waals surface area contributed by atoms with Gasteiger partial charge in [-0.25, -0.2) is 0 Å². The molecule has 0 bridgehead atoms. The van der Waals surface area contributed by atoms with Crippen LogP contribution in [0.25, 0.3) is 0 Å². The maximum absolute atomic E-state index is 12.3. The van der Waals surface area contributed by atoms with E-state index in [4.69, 9.17) is 0 Å². The molecule has 0 aromatic heterocycles. The number of carbonyl (C=O) groups is 1. The van der Waals surface area contributed by atoms with Gasteiger partial charge < -0.3 is 5.11 Å². The Balaban J connectivity index is 1.71. The summed E-state index contributed by atoms with van der Waals surface area (Å²) in [4.78, 5) is 12.3. The van der Waals surface area contributed by atoms with Crippen LogP contribution in [-0.4, -0.2) is 17.0 Å². The molecule has 6 atom stereocenters. The van der Waals surface area contributed by atoms with Gasteiger partial charge in [0.15, 0.2) is 0 Å². The maximum Gasteiger partial charge on any atom is 0.139 e. The van der Waals surface area contributed by atoms with E-state index in [9.17, 15) is 9.90 Å². The van der Waals surface area contributed by atoms with Crippen molar-refractivity contribution in [2.24, 2.45) is 28.6 Å². The topological polar surface area (TPSA) is 37.3 Å². The molecule has 21 heavy (non-hydrogen) atoms. The van der Waals surface area contributed by atoms with Crippen LogP contribution in [0.1, 0.15) is 65.2 Å². The molecule has 0 aromatic rings. The van der Waals surface area contributed by atoms with E-state index < -0.39 is 0 Å². The first-order valence-electron chi connectivity index (χ1n) is 8.87. The molecule has 0 spiro atoms. The van der Waals surface area contributed by atoms with Crippen LogP contribution in [0.2, 0.25) is 0 Å². The van der Waals surface area contributed by atoms with Gasteiger partial charge in [-0.3, -0.25) is 4.79 Å². The summed E-state index contributed by atoms with van der Waals surface area (Å²) in [5.41, 5.74) is 1.91. The molecule has 0 amide bonds. The molecular formula is C19H28O2. The molecule has 1 N–H and O–H groups in total. The minimum atomic E-state index is -0.0814. The third-order valence-electron chi connectivity index (χ3n) is 7.71. The Bertz CT molecular complexity index is 508. The Morgan fingerprint density at radius 3 is 2.76 bits per heavy atom. The normalized spacial score (nSPS) is 52.7. The van der Waals surface area contributed by atoms with Crippen molar-refractivity contribution in [3.05, 3.63) is 11.6 Å². The van der Waals surface area contributed by atoms with E-state index in [1.165, 1.54) is 12.8 Å². The van der Waals surface area contributed by atoms with Crippen LogP contribution >= 0.6 is 0 Å². The molecule has 3 fully saturated rings. The lowest BCUT2D eigenvalue weighted by Crippen LogP contribution is -2.48. The fourth-order valence-electron chi connectivity index (χ4n) is 6.29. The summed E-state index contributed by atoms with van der Waals surface area (Å²) in [5, 5.41) is 10.0. The first-order chi connectivity index (χ1) is 9.95. The van der Waals surface area contributed by atoms with E-state index in [1.54, 1.807) is 5.57 Å². The lowest BCUT2D eigenvalue weighted by Gasteiger charge is -2.55. The predicted molar refractivity (Wildman–Crippen MR) is 82.7 cm³/mol. The fraction of sp³-hybridized carbons (Fsp3) is 0.842. The summed E-state index contributed by atoms with van der Waals surface area (Å²) >= 11 is 0. The number of hydrogen-bond acceptors (Lipinski definition) is 2. The van der Waals surface area contributed by atoms with Crippen LogP contribution in [-0.2, 0) is 4.79 Å². The Kier molecular flexibility index (Phi) is 2.96.